The SMILES string of the molecule is [c]1cc2ccncc2o1. The van der Waals surface area contributed by atoms with E-state index in [1.54, 1.807) is 18.5 Å². The molecule has 0 aliphatic carbocycles. The minimum Gasteiger partial charge on any atom is -0.451 e. The number of fused-ring (bicyclic) bond motifs is 1. The topological polar surface area (TPSA) is 26.0 Å². The fourth-order valence-corrected chi connectivity index (χ4v) is 0.752. The van der Waals surface area contributed by atoms with Crippen LogP contribution < -0.4 is 0 Å². The second kappa shape index (κ2) is 1.58. The summed E-state index contributed by atoms with van der Waals surface area (Å²) in [4.78, 5) is 3.87. The highest BCUT2D eigenvalue weighted by atomic mass is 16.3. The van der Waals surface area contributed by atoms with Crippen molar-refractivity contribution in [1.82, 2.24) is 4.98 Å². The molecule has 0 bridgehead atoms. The van der Waals surface area contributed by atoms with Crippen molar-refractivity contribution in [1.29, 1.82) is 0 Å². The molecule has 2 nitrogen and oxygen atoms in total. The number of nitrogens with zero attached hydrogens (tertiary/aromatic N) is 1. The number of hydrogen-bond donors (Lipinski definition) is 0. The molecule has 0 N–H and O–H groups in total. The third-order valence-electron chi connectivity index (χ3n) is 1.20. The first-order valence-electron chi connectivity index (χ1n) is 2.66. The maximum Gasteiger partial charge on any atom is 0.170 e. The van der Waals surface area contributed by atoms with Crippen LogP contribution in [-0.2, 0) is 0 Å². The van der Waals surface area contributed by atoms with Crippen molar-refractivity contribution in [2.75, 3.05) is 0 Å². The van der Waals surface area contributed by atoms with E-state index in [0.717, 1.165) is 11.0 Å². The number of hydrogen-bond acceptors (Lipinski definition) is 2. The van der Waals surface area contributed by atoms with E-state index in [-0.39, 0.29) is 0 Å². The van der Waals surface area contributed by atoms with Gasteiger partial charge in [0.15, 0.2) is 11.8 Å². The highest BCUT2D eigenvalue weighted by Crippen LogP contribution is 2.10. The molecule has 2 heterocycles. The van der Waals surface area contributed by atoms with Gasteiger partial charge in [0, 0.05) is 11.6 Å². The Balaban J connectivity index is 2.95. The van der Waals surface area contributed by atoms with Crippen LogP contribution >= 0.6 is 0 Å². The Morgan fingerprint density at radius 2 is 2.56 bits per heavy atom. The highest BCUT2D eigenvalue weighted by Gasteiger charge is 1.91. The van der Waals surface area contributed by atoms with E-state index in [0.29, 0.717) is 0 Å². The van der Waals surface area contributed by atoms with Crippen LogP contribution in [0.2, 0.25) is 0 Å². The smallest absolute Gasteiger partial charge is 0.170 e. The standard InChI is InChI=1S/C7H4NO/c1-3-8-5-7-6(1)2-4-9-7/h1-3,5H. The van der Waals surface area contributed by atoms with Crippen LogP contribution in [0.4, 0.5) is 0 Å². The van der Waals surface area contributed by atoms with Gasteiger partial charge in [-0.2, -0.15) is 0 Å². The summed E-state index contributed by atoms with van der Waals surface area (Å²) in [6.07, 6.45) is 6.02. The fourth-order valence-electron chi connectivity index (χ4n) is 0.752. The Hall–Kier alpha value is -1.31. The van der Waals surface area contributed by atoms with Gasteiger partial charge in [-0.1, -0.05) is 0 Å². The van der Waals surface area contributed by atoms with E-state index < -0.39 is 0 Å². The third kappa shape index (κ3) is 0.598. The van der Waals surface area contributed by atoms with Crippen molar-refractivity contribution >= 4 is 11.0 Å². The van der Waals surface area contributed by atoms with Crippen molar-refractivity contribution in [3.8, 4) is 0 Å². The minimum atomic E-state index is 0.789. The van der Waals surface area contributed by atoms with E-state index in [2.05, 4.69) is 11.2 Å². The lowest BCUT2D eigenvalue weighted by Crippen LogP contribution is -1.65. The van der Waals surface area contributed by atoms with Gasteiger partial charge in [-0.25, -0.2) is 0 Å². The molecule has 0 atom stereocenters. The number of aromatic nitrogens is 1. The first kappa shape index (κ1) is 4.56. The highest BCUT2D eigenvalue weighted by molar-refractivity contribution is 5.75. The van der Waals surface area contributed by atoms with E-state index in [1.807, 2.05) is 6.07 Å². The lowest BCUT2D eigenvalue weighted by molar-refractivity contribution is 0.604. The Labute approximate surface area is 52.1 Å². The Morgan fingerprint density at radius 3 is 3.44 bits per heavy atom. The summed E-state index contributed by atoms with van der Waals surface area (Å²) >= 11 is 0. The van der Waals surface area contributed by atoms with Gasteiger partial charge in [0.25, 0.3) is 0 Å². The van der Waals surface area contributed by atoms with Crippen LogP contribution in [0, 0.1) is 6.26 Å². The predicted molar refractivity (Wildman–Crippen MR) is 32.8 cm³/mol. The normalized spacial score (nSPS) is 10.2. The third-order valence-corrected chi connectivity index (χ3v) is 1.20. The van der Waals surface area contributed by atoms with Crippen LogP contribution in [0.5, 0.6) is 0 Å². The van der Waals surface area contributed by atoms with Crippen LogP contribution in [0.1, 0.15) is 0 Å². The molecule has 2 heteroatoms. The lowest BCUT2D eigenvalue weighted by atomic mass is 10.3. The van der Waals surface area contributed by atoms with Gasteiger partial charge in [0.2, 0.25) is 0 Å². The molecule has 9 heavy (non-hydrogen) atoms. The molecule has 2 aromatic heterocycles. The Bertz CT molecular complexity index is 283. The van der Waals surface area contributed by atoms with Gasteiger partial charge in [-0.05, 0) is 12.1 Å². The molecule has 2 rings (SSSR count). The fraction of sp³-hybridized carbons (Fsp3) is 0. The van der Waals surface area contributed by atoms with Crippen molar-refractivity contribution in [3.05, 3.63) is 30.8 Å². The summed E-state index contributed by atoms with van der Waals surface area (Å²) in [5.74, 6) is 0. The molecule has 0 aliphatic rings. The maximum atomic E-state index is 4.93. The van der Waals surface area contributed by atoms with Gasteiger partial charge in [-0.15, -0.1) is 0 Å². The lowest BCUT2D eigenvalue weighted by Gasteiger charge is -1.80. The first-order valence-corrected chi connectivity index (χ1v) is 2.66. The number of pyridine rings is 1. The van der Waals surface area contributed by atoms with Crippen molar-refractivity contribution in [2.24, 2.45) is 0 Å². The van der Waals surface area contributed by atoms with E-state index in [4.69, 9.17) is 4.42 Å². The maximum absolute atomic E-state index is 4.93. The molecule has 0 amide bonds. The number of furan rings is 1. The van der Waals surface area contributed by atoms with Crippen molar-refractivity contribution in [3.63, 3.8) is 0 Å². The molecule has 0 saturated heterocycles. The zero-order chi connectivity index (χ0) is 6.10. The van der Waals surface area contributed by atoms with Crippen LogP contribution in [-0.4, -0.2) is 4.98 Å². The van der Waals surface area contributed by atoms with Gasteiger partial charge in [0.1, 0.15) is 0 Å². The molecule has 0 unspecified atom stereocenters. The molecule has 1 radical (unpaired) electrons. The summed E-state index contributed by atoms with van der Waals surface area (Å²) in [6, 6.07) is 3.67. The molecular formula is C7H4NO. The predicted octanol–water partition coefficient (Wildman–Crippen LogP) is 1.63. The summed E-state index contributed by atoms with van der Waals surface area (Å²) in [5.41, 5.74) is 0.789. The van der Waals surface area contributed by atoms with Crippen LogP contribution in [0.25, 0.3) is 11.0 Å². The second-order valence-corrected chi connectivity index (χ2v) is 1.78. The second-order valence-electron chi connectivity index (χ2n) is 1.78. The van der Waals surface area contributed by atoms with Gasteiger partial charge in [-0.3, -0.25) is 4.98 Å². The summed E-state index contributed by atoms with van der Waals surface area (Å²) in [7, 11) is 0. The number of rotatable bonds is 0. The molecule has 0 aliphatic heterocycles. The average molecular weight is 118 g/mol. The summed E-state index contributed by atoms with van der Waals surface area (Å²) < 4.78 is 4.93. The zero-order valence-electron chi connectivity index (χ0n) is 4.66. The van der Waals surface area contributed by atoms with E-state index >= 15 is 0 Å². The zero-order valence-corrected chi connectivity index (χ0v) is 4.66. The molecule has 2 aromatic rings. The van der Waals surface area contributed by atoms with E-state index in [9.17, 15) is 0 Å². The Kier molecular flexibility index (Phi) is 0.803. The first-order chi connectivity index (χ1) is 4.47. The molecular weight excluding hydrogens is 114 g/mol. The van der Waals surface area contributed by atoms with Crippen LogP contribution in [0.3, 0.4) is 0 Å². The van der Waals surface area contributed by atoms with E-state index in [1.165, 1.54) is 0 Å². The minimum absolute atomic E-state index is 0.789. The summed E-state index contributed by atoms with van der Waals surface area (Å²) in [6.45, 7) is 0. The quantitative estimate of drug-likeness (QED) is 0.525. The van der Waals surface area contributed by atoms with Gasteiger partial charge < -0.3 is 4.42 Å². The van der Waals surface area contributed by atoms with Crippen LogP contribution in [0.15, 0.2) is 28.9 Å². The molecule has 0 spiro atoms. The van der Waals surface area contributed by atoms with Gasteiger partial charge >= 0.3 is 0 Å². The molecule has 0 saturated carbocycles. The average Bonchev–Trinajstić information content (AvgIpc) is 2.33. The van der Waals surface area contributed by atoms with Gasteiger partial charge in [0.05, 0.1) is 6.20 Å². The molecule has 0 aromatic carbocycles. The largest absolute Gasteiger partial charge is 0.451 e. The Morgan fingerprint density at radius 1 is 1.56 bits per heavy atom. The molecule has 43 valence electrons. The van der Waals surface area contributed by atoms with Crippen molar-refractivity contribution < 1.29 is 4.42 Å². The monoisotopic (exact) mass is 118 g/mol. The van der Waals surface area contributed by atoms with Crippen molar-refractivity contribution in [2.45, 2.75) is 0 Å². The molecule has 0 fully saturated rings. The summed E-state index contributed by atoms with van der Waals surface area (Å²) in [5, 5.41) is 1.05.